The molecule has 0 aliphatic heterocycles. The van der Waals surface area contributed by atoms with Crippen LogP contribution in [0.4, 0.5) is 0 Å². The summed E-state index contributed by atoms with van der Waals surface area (Å²) in [7, 11) is 0. The summed E-state index contributed by atoms with van der Waals surface area (Å²) in [5, 5.41) is 9.10. The van der Waals surface area contributed by atoms with E-state index in [0.717, 1.165) is 18.0 Å². The topological polar surface area (TPSA) is 25.2 Å². The molecule has 0 radical (unpaired) electrons. The van der Waals surface area contributed by atoms with Crippen molar-refractivity contribution < 1.29 is 5.11 Å². The zero-order chi connectivity index (χ0) is 11.2. The Morgan fingerprint density at radius 3 is 2.62 bits per heavy atom. The van der Waals surface area contributed by atoms with E-state index in [1.165, 1.54) is 4.90 Å². The highest BCUT2D eigenvalue weighted by molar-refractivity contribution is 7.99. The Labute approximate surface area is 99.9 Å². The van der Waals surface area contributed by atoms with Crippen LogP contribution in [0.25, 0.3) is 0 Å². The maximum absolute atomic E-state index is 9.10. The van der Waals surface area contributed by atoms with Crippen molar-refractivity contribution in [3.05, 3.63) is 54.4 Å². The molecule has 0 saturated heterocycles. The molecule has 2 rings (SSSR count). The molecule has 0 aliphatic rings. The smallest absolute Gasteiger partial charge is 0.0832 e. The molecule has 3 heteroatoms. The van der Waals surface area contributed by atoms with E-state index in [2.05, 4.69) is 28.8 Å². The van der Waals surface area contributed by atoms with Gasteiger partial charge >= 0.3 is 0 Å². The Kier molecular flexibility index (Phi) is 4.08. The standard InChI is InChI=1S/C13H15NOS/c15-11-12-5-4-8-14(12)9-10-16-13-6-2-1-3-7-13/h1-8,15H,9-11H2. The van der Waals surface area contributed by atoms with Crippen molar-refractivity contribution in [1.29, 1.82) is 0 Å². The minimum absolute atomic E-state index is 0.114. The van der Waals surface area contributed by atoms with Gasteiger partial charge in [-0.3, -0.25) is 0 Å². The van der Waals surface area contributed by atoms with Crippen molar-refractivity contribution in [1.82, 2.24) is 4.57 Å². The number of thioether (sulfide) groups is 1. The molecule has 1 aromatic heterocycles. The normalized spacial score (nSPS) is 10.6. The quantitative estimate of drug-likeness (QED) is 0.803. The Bertz CT molecular complexity index is 425. The predicted octanol–water partition coefficient (Wildman–Crippen LogP) is 2.77. The van der Waals surface area contributed by atoms with Crippen molar-refractivity contribution >= 4 is 11.8 Å². The summed E-state index contributed by atoms with van der Waals surface area (Å²) in [6.07, 6.45) is 2.01. The van der Waals surface area contributed by atoms with Gasteiger partial charge in [0.05, 0.1) is 6.61 Å². The first-order valence-corrected chi connectivity index (χ1v) is 6.31. The minimum Gasteiger partial charge on any atom is -0.390 e. The number of rotatable bonds is 5. The van der Waals surface area contributed by atoms with Crippen molar-refractivity contribution in [3.8, 4) is 0 Å². The zero-order valence-corrected chi connectivity index (χ0v) is 9.86. The Morgan fingerprint density at radius 2 is 1.88 bits per heavy atom. The summed E-state index contributed by atoms with van der Waals surface area (Å²) in [5.74, 6) is 1.02. The fourth-order valence-electron chi connectivity index (χ4n) is 1.59. The van der Waals surface area contributed by atoms with E-state index in [-0.39, 0.29) is 6.61 Å². The van der Waals surface area contributed by atoms with E-state index in [1.807, 2.05) is 36.2 Å². The van der Waals surface area contributed by atoms with Gasteiger partial charge in [0, 0.05) is 29.1 Å². The molecule has 84 valence electrons. The van der Waals surface area contributed by atoms with Crippen LogP contribution in [0.15, 0.2) is 53.6 Å². The largest absolute Gasteiger partial charge is 0.390 e. The molecule has 0 aliphatic carbocycles. The number of aryl methyl sites for hydroxylation is 1. The maximum atomic E-state index is 9.10. The Hall–Kier alpha value is -1.19. The molecule has 0 amide bonds. The number of aliphatic hydroxyl groups excluding tert-OH is 1. The summed E-state index contributed by atoms with van der Waals surface area (Å²) >= 11 is 1.84. The van der Waals surface area contributed by atoms with Crippen molar-refractivity contribution in [2.45, 2.75) is 18.0 Å². The van der Waals surface area contributed by atoms with Crippen LogP contribution in [0.3, 0.4) is 0 Å². The van der Waals surface area contributed by atoms with Gasteiger partial charge in [0.25, 0.3) is 0 Å². The fourth-order valence-corrected chi connectivity index (χ4v) is 2.46. The number of aliphatic hydroxyl groups is 1. The molecule has 0 spiro atoms. The number of hydrogen-bond acceptors (Lipinski definition) is 2. The highest BCUT2D eigenvalue weighted by Crippen LogP contribution is 2.17. The van der Waals surface area contributed by atoms with Crippen LogP contribution in [0, 0.1) is 0 Å². The van der Waals surface area contributed by atoms with Crippen molar-refractivity contribution in [2.24, 2.45) is 0 Å². The molecule has 2 nitrogen and oxygen atoms in total. The molecule has 0 fully saturated rings. The lowest BCUT2D eigenvalue weighted by Crippen LogP contribution is -2.03. The monoisotopic (exact) mass is 233 g/mol. The SMILES string of the molecule is OCc1cccn1CCSc1ccccc1. The number of benzene rings is 1. The van der Waals surface area contributed by atoms with Gasteiger partial charge in [-0.15, -0.1) is 11.8 Å². The van der Waals surface area contributed by atoms with Crippen LogP contribution in [0.1, 0.15) is 5.69 Å². The van der Waals surface area contributed by atoms with Gasteiger partial charge in [0.2, 0.25) is 0 Å². The molecule has 2 aromatic rings. The highest BCUT2D eigenvalue weighted by atomic mass is 32.2. The van der Waals surface area contributed by atoms with Crippen molar-refractivity contribution in [3.63, 3.8) is 0 Å². The maximum Gasteiger partial charge on any atom is 0.0832 e. The Morgan fingerprint density at radius 1 is 1.06 bits per heavy atom. The summed E-state index contributed by atoms with van der Waals surface area (Å²) in [6.45, 7) is 1.05. The minimum atomic E-state index is 0.114. The molecular weight excluding hydrogens is 218 g/mol. The average Bonchev–Trinajstić information content (AvgIpc) is 2.78. The summed E-state index contributed by atoms with van der Waals surface area (Å²) < 4.78 is 2.09. The second kappa shape index (κ2) is 5.77. The van der Waals surface area contributed by atoms with Gasteiger partial charge in [-0.25, -0.2) is 0 Å². The molecule has 0 atom stereocenters. The average molecular weight is 233 g/mol. The molecular formula is C13H15NOS. The van der Waals surface area contributed by atoms with Crippen LogP contribution in [-0.4, -0.2) is 15.4 Å². The van der Waals surface area contributed by atoms with Gasteiger partial charge in [0.1, 0.15) is 0 Å². The van der Waals surface area contributed by atoms with E-state index >= 15 is 0 Å². The first kappa shape index (κ1) is 11.3. The summed E-state index contributed by atoms with van der Waals surface area (Å²) in [4.78, 5) is 1.29. The third-order valence-corrected chi connectivity index (χ3v) is 3.42. The third kappa shape index (κ3) is 2.90. The first-order valence-electron chi connectivity index (χ1n) is 5.33. The first-order chi connectivity index (χ1) is 7.90. The number of aromatic nitrogens is 1. The summed E-state index contributed by atoms with van der Waals surface area (Å²) in [5.41, 5.74) is 0.980. The van der Waals surface area contributed by atoms with E-state index < -0.39 is 0 Å². The number of nitrogens with zero attached hydrogens (tertiary/aromatic N) is 1. The summed E-state index contributed by atoms with van der Waals surface area (Å²) in [6, 6.07) is 14.3. The molecule has 1 N–H and O–H groups in total. The van der Waals surface area contributed by atoms with Gasteiger partial charge in [-0.1, -0.05) is 18.2 Å². The zero-order valence-electron chi connectivity index (χ0n) is 9.04. The van der Waals surface area contributed by atoms with E-state index in [1.54, 1.807) is 0 Å². The molecule has 0 saturated carbocycles. The third-order valence-electron chi connectivity index (χ3n) is 2.43. The Balaban J connectivity index is 1.85. The second-order valence-electron chi connectivity index (χ2n) is 3.51. The lowest BCUT2D eigenvalue weighted by molar-refractivity contribution is 0.271. The van der Waals surface area contributed by atoms with Gasteiger partial charge in [-0.2, -0.15) is 0 Å². The van der Waals surface area contributed by atoms with Gasteiger partial charge in [0.15, 0.2) is 0 Å². The van der Waals surface area contributed by atoms with Gasteiger partial charge < -0.3 is 9.67 Å². The molecule has 1 heterocycles. The van der Waals surface area contributed by atoms with E-state index in [0.29, 0.717) is 0 Å². The molecule has 0 bridgehead atoms. The van der Waals surface area contributed by atoms with E-state index in [9.17, 15) is 0 Å². The van der Waals surface area contributed by atoms with Gasteiger partial charge in [-0.05, 0) is 24.3 Å². The van der Waals surface area contributed by atoms with Crippen LogP contribution >= 0.6 is 11.8 Å². The molecule has 1 aromatic carbocycles. The number of hydrogen-bond donors (Lipinski definition) is 1. The molecule has 16 heavy (non-hydrogen) atoms. The van der Waals surface area contributed by atoms with Crippen LogP contribution in [-0.2, 0) is 13.2 Å². The fraction of sp³-hybridized carbons (Fsp3) is 0.231. The second-order valence-corrected chi connectivity index (χ2v) is 4.68. The highest BCUT2D eigenvalue weighted by Gasteiger charge is 1.99. The van der Waals surface area contributed by atoms with Crippen LogP contribution in [0.2, 0.25) is 0 Å². The lowest BCUT2D eigenvalue weighted by atomic mass is 10.4. The van der Waals surface area contributed by atoms with E-state index in [4.69, 9.17) is 5.11 Å². The predicted molar refractivity (Wildman–Crippen MR) is 67.5 cm³/mol. The lowest BCUT2D eigenvalue weighted by Gasteiger charge is -2.06. The van der Waals surface area contributed by atoms with Crippen LogP contribution in [0.5, 0.6) is 0 Å². The molecule has 0 unspecified atom stereocenters. The van der Waals surface area contributed by atoms with Crippen molar-refractivity contribution in [2.75, 3.05) is 5.75 Å². The van der Waals surface area contributed by atoms with Crippen LogP contribution < -0.4 is 0 Å².